The van der Waals surface area contributed by atoms with Gasteiger partial charge in [-0.3, -0.25) is 4.79 Å². The Balaban J connectivity index is 1.22. The van der Waals surface area contributed by atoms with Crippen molar-refractivity contribution in [1.29, 1.82) is 0 Å². The Labute approximate surface area is 235 Å². The van der Waals surface area contributed by atoms with E-state index in [-0.39, 0.29) is 29.1 Å². The first-order valence-corrected chi connectivity index (χ1v) is 13.8. The van der Waals surface area contributed by atoms with Crippen LogP contribution in [0, 0.1) is 11.2 Å². The fourth-order valence-electron chi connectivity index (χ4n) is 4.47. The highest BCUT2D eigenvalue weighted by Gasteiger charge is 2.40. The van der Waals surface area contributed by atoms with Gasteiger partial charge < -0.3 is 34.5 Å². The van der Waals surface area contributed by atoms with Gasteiger partial charge in [-0.1, -0.05) is 27.4 Å². The van der Waals surface area contributed by atoms with Crippen LogP contribution < -0.4 is 15.4 Å². The van der Waals surface area contributed by atoms with Gasteiger partial charge in [-0.15, -0.1) is 0 Å². The Morgan fingerprint density at radius 1 is 1.25 bits per heavy atom. The number of hydrogen-bond acceptors (Lipinski definition) is 9. The number of anilines is 3. The molecule has 0 spiro atoms. The van der Waals surface area contributed by atoms with Gasteiger partial charge in [-0.2, -0.15) is 4.98 Å². The predicted octanol–water partition coefficient (Wildman–Crippen LogP) is 4.87. The maximum Gasteiger partial charge on any atom is 0.282 e. The number of piperidine rings is 1. The number of benzene rings is 1. The third kappa shape index (κ3) is 8.12. The number of rotatable bonds is 12. The van der Waals surface area contributed by atoms with E-state index >= 15 is 0 Å². The van der Waals surface area contributed by atoms with E-state index in [1.807, 2.05) is 31.2 Å². The second-order valence-corrected chi connectivity index (χ2v) is 10.8. The van der Waals surface area contributed by atoms with Gasteiger partial charge in [0.05, 0.1) is 32.6 Å². The molecule has 0 bridgehead atoms. The van der Waals surface area contributed by atoms with E-state index in [0.717, 1.165) is 24.7 Å². The van der Waals surface area contributed by atoms with E-state index in [0.29, 0.717) is 58.1 Å². The smallest absolute Gasteiger partial charge is 0.282 e. The summed E-state index contributed by atoms with van der Waals surface area (Å²) in [6.45, 7) is 13.0. The zero-order chi connectivity index (χ0) is 28.6. The molecule has 0 saturated carbocycles. The van der Waals surface area contributed by atoms with Crippen LogP contribution in [0.25, 0.3) is 0 Å². The standard InChI is InChI=1S/C29H40FN5O5/c1-5-25(36)35-14-7-9-22(18-35)32-26-24(30)17-31-27(34-26)33-21-10-12-23(13-11-21)37-15-8-16-38-29(6-2)39-19-28(3,4)20-40-29/h5,10-13,17,22H,1,6-9,14-16,18-20H2,2-4H3,(H2,31,32,33,34)/t22-/m1/s1. The molecule has 1 aromatic heterocycles. The molecule has 3 heterocycles. The van der Waals surface area contributed by atoms with Gasteiger partial charge in [0.15, 0.2) is 11.6 Å². The van der Waals surface area contributed by atoms with Crippen LogP contribution in [0.4, 0.5) is 21.8 Å². The van der Waals surface area contributed by atoms with Crippen molar-refractivity contribution in [3.8, 4) is 5.75 Å². The van der Waals surface area contributed by atoms with Crippen molar-refractivity contribution in [3.63, 3.8) is 0 Å². The summed E-state index contributed by atoms with van der Waals surface area (Å²) in [7, 11) is 0. The topological polar surface area (TPSA) is 107 Å². The first kappa shape index (κ1) is 29.7. The molecule has 2 aliphatic heterocycles. The van der Waals surface area contributed by atoms with Gasteiger partial charge in [-0.05, 0) is 43.2 Å². The molecule has 0 unspecified atom stereocenters. The zero-order valence-electron chi connectivity index (χ0n) is 23.6. The normalized spacial score (nSPS) is 20.0. The molecule has 0 aliphatic carbocycles. The van der Waals surface area contributed by atoms with Gasteiger partial charge >= 0.3 is 0 Å². The summed E-state index contributed by atoms with van der Waals surface area (Å²) in [5, 5.41) is 6.21. The zero-order valence-corrected chi connectivity index (χ0v) is 23.6. The number of nitrogens with zero attached hydrogens (tertiary/aromatic N) is 3. The number of nitrogens with one attached hydrogen (secondary N) is 2. The minimum absolute atomic E-state index is 0.0142. The molecule has 11 heteroatoms. The monoisotopic (exact) mass is 557 g/mol. The average Bonchev–Trinajstić information content (AvgIpc) is 2.96. The number of likely N-dealkylation sites (tertiary alicyclic amines) is 1. The van der Waals surface area contributed by atoms with E-state index < -0.39 is 11.8 Å². The van der Waals surface area contributed by atoms with Crippen LogP contribution in [0.1, 0.15) is 46.5 Å². The van der Waals surface area contributed by atoms with Crippen LogP contribution in [0.15, 0.2) is 43.1 Å². The second kappa shape index (κ2) is 13.4. The number of carbonyl (C=O) groups excluding carboxylic acids is 1. The van der Waals surface area contributed by atoms with E-state index in [4.69, 9.17) is 18.9 Å². The van der Waals surface area contributed by atoms with Gasteiger partial charge in [0, 0.05) is 43.1 Å². The largest absolute Gasteiger partial charge is 0.494 e. The van der Waals surface area contributed by atoms with E-state index in [1.54, 1.807) is 4.90 Å². The SMILES string of the molecule is C=CC(=O)N1CCC[C@@H](Nc2nc(Nc3ccc(OCCCOC4(CC)OCC(C)(C)CO4)cc3)ncc2F)C1. The molecule has 40 heavy (non-hydrogen) atoms. The highest BCUT2D eigenvalue weighted by molar-refractivity contribution is 5.87. The van der Waals surface area contributed by atoms with Crippen molar-refractivity contribution in [2.45, 2.75) is 58.5 Å². The predicted molar refractivity (Wildman–Crippen MR) is 150 cm³/mol. The van der Waals surface area contributed by atoms with E-state index in [2.05, 4.69) is 41.0 Å². The van der Waals surface area contributed by atoms with Crippen molar-refractivity contribution in [2.75, 3.05) is 50.2 Å². The highest BCUT2D eigenvalue weighted by atomic mass is 19.1. The molecule has 1 aromatic carbocycles. The van der Waals surface area contributed by atoms with E-state index in [1.165, 1.54) is 6.08 Å². The van der Waals surface area contributed by atoms with Gasteiger partial charge in [0.2, 0.25) is 11.9 Å². The van der Waals surface area contributed by atoms with Crippen molar-refractivity contribution in [3.05, 3.63) is 48.9 Å². The summed E-state index contributed by atoms with van der Waals surface area (Å²) >= 11 is 0. The molecule has 2 fully saturated rings. The Kier molecular flexibility index (Phi) is 9.94. The highest BCUT2D eigenvalue weighted by Crippen LogP contribution is 2.32. The number of hydrogen-bond donors (Lipinski definition) is 2. The molecule has 0 radical (unpaired) electrons. The molecule has 218 valence electrons. The summed E-state index contributed by atoms with van der Waals surface area (Å²) in [5.74, 6) is -0.598. The van der Waals surface area contributed by atoms with Gasteiger partial charge in [0.1, 0.15) is 5.75 Å². The maximum absolute atomic E-state index is 14.4. The molecular formula is C29H40FN5O5. The average molecular weight is 558 g/mol. The number of aromatic nitrogens is 2. The fourth-order valence-corrected chi connectivity index (χ4v) is 4.47. The Bertz CT molecular complexity index is 1140. The molecular weight excluding hydrogens is 517 g/mol. The number of carbonyl (C=O) groups is 1. The first-order valence-electron chi connectivity index (χ1n) is 13.8. The van der Waals surface area contributed by atoms with Crippen LogP contribution in [-0.4, -0.2) is 72.3 Å². The van der Waals surface area contributed by atoms with Crippen LogP contribution in [0.2, 0.25) is 0 Å². The lowest BCUT2D eigenvalue weighted by molar-refractivity contribution is -0.418. The van der Waals surface area contributed by atoms with Crippen molar-refractivity contribution >= 4 is 23.4 Å². The second-order valence-electron chi connectivity index (χ2n) is 10.8. The van der Waals surface area contributed by atoms with Crippen molar-refractivity contribution in [1.82, 2.24) is 14.9 Å². The van der Waals surface area contributed by atoms with Crippen LogP contribution in [-0.2, 0) is 19.0 Å². The minimum Gasteiger partial charge on any atom is -0.494 e. The number of amides is 1. The number of halogens is 1. The fraction of sp³-hybridized carbons (Fsp3) is 0.552. The van der Waals surface area contributed by atoms with Crippen LogP contribution in [0.3, 0.4) is 0 Å². The lowest BCUT2D eigenvalue weighted by Gasteiger charge is -2.42. The Hall–Kier alpha value is -3.28. The Morgan fingerprint density at radius 3 is 2.70 bits per heavy atom. The molecule has 2 aromatic rings. The molecule has 10 nitrogen and oxygen atoms in total. The molecule has 2 saturated heterocycles. The van der Waals surface area contributed by atoms with Gasteiger partial charge in [-0.25, -0.2) is 9.37 Å². The van der Waals surface area contributed by atoms with Crippen molar-refractivity contribution in [2.24, 2.45) is 5.41 Å². The lowest BCUT2D eigenvalue weighted by Crippen LogP contribution is -2.49. The molecule has 2 N–H and O–H groups in total. The summed E-state index contributed by atoms with van der Waals surface area (Å²) in [4.78, 5) is 22.0. The summed E-state index contributed by atoms with van der Waals surface area (Å²) in [6, 6.07) is 7.23. The maximum atomic E-state index is 14.4. The summed E-state index contributed by atoms with van der Waals surface area (Å²) in [6.07, 6.45) is 5.34. The quantitative estimate of drug-likeness (QED) is 0.279. The third-order valence-corrected chi connectivity index (χ3v) is 6.78. The van der Waals surface area contributed by atoms with Gasteiger partial charge in [0.25, 0.3) is 5.97 Å². The summed E-state index contributed by atoms with van der Waals surface area (Å²) in [5.41, 5.74) is 0.715. The lowest BCUT2D eigenvalue weighted by atomic mass is 9.95. The van der Waals surface area contributed by atoms with Crippen LogP contribution in [0.5, 0.6) is 5.75 Å². The summed E-state index contributed by atoms with van der Waals surface area (Å²) < 4.78 is 38.0. The molecule has 2 aliphatic rings. The first-order chi connectivity index (χ1) is 19.2. The molecule has 1 amide bonds. The van der Waals surface area contributed by atoms with E-state index in [9.17, 15) is 9.18 Å². The molecule has 1 atom stereocenters. The number of ether oxygens (including phenoxy) is 4. The third-order valence-electron chi connectivity index (χ3n) is 6.78. The van der Waals surface area contributed by atoms with Crippen molar-refractivity contribution < 1.29 is 28.1 Å². The Morgan fingerprint density at radius 2 is 2.00 bits per heavy atom. The van der Waals surface area contributed by atoms with Crippen LogP contribution >= 0.6 is 0 Å². The molecule has 4 rings (SSSR count). The minimum atomic E-state index is -0.970.